The molecule has 96 valence electrons. The molecule has 0 fully saturated rings. The van der Waals surface area contributed by atoms with Crippen LogP contribution in [0.25, 0.3) is 10.2 Å². The summed E-state index contributed by atoms with van der Waals surface area (Å²) in [7, 11) is 0. The number of Topliss-reactive ketones (excluding diaryl/α,β-unsaturated/α-hetero) is 1. The molecule has 0 saturated heterocycles. The van der Waals surface area contributed by atoms with E-state index in [-0.39, 0.29) is 22.8 Å². The molecule has 0 aliphatic heterocycles. The smallest absolute Gasteiger partial charge is 0.185 e. The molecule has 0 spiro atoms. The van der Waals surface area contributed by atoms with E-state index < -0.39 is 0 Å². The van der Waals surface area contributed by atoms with Gasteiger partial charge >= 0.3 is 0 Å². The van der Waals surface area contributed by atoms with Gasteiger partial charge in [-0.3, -0.25) is 4.79 Å². The molecule has 2 heterocycles. The van der Waals surface area contributed by atoms with Crippen molar-refractivity contribution in [2.45, 2.75) is 11.9 Å². The fourth-order valence-electron chi connectivity index (χ4n) is 1.46. The summed E-state index contributed by atoms with van der Waals surface area (Å²) in [5.41, 5.74) is 5.76. The van der Waals surface area contributed by atoms with Gasteiger partial charge in [0.1, 0.15) is 27.8 Å². The van der Waals surface area contributed by atoms with Crippen LogP contribution in [-0.2, 0) is 4.79 Å². The van der Waals surface area contributed by atoms with Gasteiger partial charge in [-0.2, -0.15) is 5.26 Å². The topological polar surface area (TPSA) is 92.7 Å². The minimum Gasteiger partial charge on any atom is -0.401 e. The number of ketones is 1. The molecule has 19 heavy (non-hydrogen) atoms. The van der Waals surface area contributed by atoms with Crippen molar-refractivity contribution in [2.24, 2.45) is 5.73 Å². The molecule has 0 radical (unpaired) electrons. The van der Waals surface area contributed by atoms with Crippen LogP contribution in [0.5, 0.6) is 0 Å². The third-order valence-corrected chi connectivity index (χ3v) is 4.18. The Morgan fingerprint density at radius 1 is 1.58 bits per heavy atom. The Labute approximate surface area is 118 Å². The molecule has 0 unspecified atom stereocenters. The molecule has 0 atom stereocenters. The highest BCUT2D eigenvalue weighted by Gasteiger charge is 2.13. The molecule has 0 aliphatic carbocycles. The third-order valence-electron chi connectivity index (χ3n) is 2.35. The summed E-state index contributed by atoms with van der Waals surface area (Å²) in [6.45, 7) is 1.54. The fraction of sp³-hybridized carbons (Fsp3) is 0.167. The molecular weight excluding hydrogens is 280 g/mol. The quantitative estimate of drug-likeness (QED) is 0.401. The lowest BCUT2D eigenvalue weighted by Crippen LogP contribution is -2.10. The standard InChI is InChI=1S/C12H10N4OS2/c1-7(14)9(4-13)10(17)5-19-12-8-2-3-18-11(8)15-6-16-12/h2-3,6H,5,14H2,1H3/b9-7+. The molecule has 2 aromatic rings. The van der Waals surface area contributed by atoms with Crippen LogP contribution in [-0.4, -0.2) is 21.5 Å². The van der Waals surface area contributed by atoms with Crippen LogP contribution < -0.4 is 5.73 Å². The molecule has 0 saturated carbocycles. The average molecular weight is 290 g/mol. The first-order valence-corrected chi connectivity index (χ1v) is 7.20. The summed E-state index contributed by atoms with van der Waals surface area (Å²) in [5.74, 6) is -0.145. The SMILES string of the molecule is C/C(N)=C(/C#N)C(=O)CSc1ncnc2sccc12. The number of carbonyl (C=O) groups excluding carboxylic acids is 1. The van der Waals surface area contributed by atoms with Crippen LogP contribution in [0.3, 0.4) is 0 Å². The molecule has 2 rings (SSSR count). The van der Waals surface area contributed by atoms with E-state index in [1.807, 2.05) is 17.5 Å². The van der Waals surface area contributed by atoms with Crippen LogP contribution in [0.15, 0.2) is 34.1 Å². The van der Waals surface area contributed by atoms with Gasteiger partial charge in [0.05, 0.1) is 5.75 Å². The Morgan fingerprint density at radius 2 is 2.37 bits per heavy atom. The maximum absolute atomic E-state index is 11.8. The largest absolute Gasteiger partial charge is 0.401 e. The zero-order valence-corrected chi connectivity index (χ0v) is 11.7. The van der Waals surface area contributed by atoms with E-state index in [1.54, 1.807) is 6.92 Å². The number of nitrogens with two attached hydrogens (primary N) is 1. The number of carbonyl (C=O) groups is 1. The van der Waals surface area contributed by atoms with Gasteiger partial charge in [-0.05, 0) is 18.4 Å². The van der Waals surface area contributed by atoms with Crippen molar-refractivity contribution in [2.75, 3.05) is 5.75 Å². The summed E-state index contributed by atoms with van der Waals surface area (Å²) in [4.78, 5) is 21.0. The Bertz CT molecular complexity index is 695. The third kappa shape index (κ3) is 2.92. The second kappa shape index (κ2) is 5.82. The van der Waals surface area contributed by atoms with E-state index >= 15 is 0 Å². The number of allylic oxidation sites excluding steroid dienone is 2. The number of nitrogens with zero attached hydrogens (tertiary/aromatic N) is 3. The molecule has 0 aliphatic rings. The predicted molar refractivity (Wildman–Crippen MR) is 75.6 cm³/mol. The Kier molecular flexibility index (Phi) is 4.14. The summed E-state index contributed by atoms with van der Waals surface area (Å²) >= 11 is 2.81. The molecule has 7 heteroatoms. The summed E-state index contributed by atoms with van der Waals surface area (Å²) in [6.07, 6.45) is 1.47. The number of thioether (sulfide) groups is 1. The normalized spacial score (nSPS) is 12.0. The molecule has 2 N–H and O–H groups in total. The van der Waals surface area contributed by atoms with Gasteiger partial charge in [-0.1, -0.05) is 11.8 Å². The molecule has 2 aromatic heterocycles. The van der Waals surface area contributed by atoms with Crippen molar-refractivity contribution in [1.29, 1.82) is 5.26 Å². The minimum atomic E-state index is -0.283. The van der Waals surface area contributed by atoms with Gasteiger partial charge < -0.3 is 5.73 Å². The van der Waals surface area contributed by atoms with Crippen molar-refractivity contribution in [1.82, 2.24) is 9.97 Å². The highest BCUT2D eigenvalue weighted by Crippen LogP contribution is 2.27. The van der Waals surface area contributed by atoms with Crippen LogP contribution >= 0.6 is 23.1 Å². The fourth-order valence-corrected chi connectivity index (χ4v) is 3.11. The number of hydrogen-bond donors (Lipinski definition) is 1. The summed E-state index contributed by atoms with van der Waals surface area (Å²) in [6, 6.07) is 3.75. The zero-order chi connectivity index (χ0) is 13.8. The van der Waals surface area contributed by atoms with E-state index in [0.29, 0.717) is 0 Å². The lowest BCUT2D eigenvalue weighted by Gasteiger charge is -2.02. The van der Waals surface area contributed by atoms with Gasteiger partial charge in [-0.25, -0.2) is 9.97 Å². The highest BCUT2D eigenvalue weighted by molar-refractivity contribution is 8.00. The van der Waals surface area contributed by atoms with E-state index in [2.05, 4.69) is 9.97 Å². The summed E-state index contributed by atoms with van der Waals surface area (Å²) in [5, 5.41) is 12.5. The van der Waals surface area contributed by atoms with Crippen LogP contribution in [0, 0.1) is 11.3 Å². The van der Waals surface area contributed by atoms with Crippen LogP contribution in [0.1, 0.15) is 6.92 Å². The molecule has 5 nitrogen and oxygen atoms in total. The van der Waals surface area contributed by atoms with Crippen molar-refractivity contribution in [3.05, 3.63) is 29.0 Å². The lowest BCUT2D eigenvalue weighted by atomic mass is 10.2. The number of thiophene rings is 1. The zero-order valence-electron chi connectivity index (χ0n) is 10.1. The van der Waals surface area contributed by atoms with Gasteiger partial charge in [-0.15, -0.1) is 11.3 Å². The molecular formula is C12H10N4OS2. The van der Waals surface area contributed by atoms with E-state index in [9.17, 15) is 4.79 Å². The minimum absolute atomic E-state index is 0.0168. The van der Waals surface area contributed by atoms with Crippen LogP contribution in [0.4, 0.5) is 0 Å². The van der Waals surface area contributed by atoms with Gasteiger partial charge in [0.25, 0.3) is 0 Å². The maximum atomic E-state index is 11.8. The van der Waals surface area contributed by atoms with Gasteiger partial charge in [0.15, 0.2) is 5.78 Å². The Balaban J connectivity index is 2.16. The second-order valence-corrected chi connectivity index (χ2v) is 5.56. The van der Waals surface area contributed by atoms with Gasteiger partial charge in [0.2, 0.25) is 0 Å². The number of hydrogen-bond acceptors (Lipinski definition) is 7. The average Bonchev–Trinajstić information content (AvgIpc) is 2.85. The van der Waals surface area contributed by atoms with E-state index in [1.165, 1.54) is 29.4 Å². The Hall–Kier alpha value is -1.91. The first-order chi connectivity index (χ1) is 9.13. The number of nitriles is 1. The van der Waals surface area contributed by atoms with E-state index in [4.69, 9.17) is 11.0 Å². The maximum Gasteiger partial charge on any atom is 0.185 e. The number of aromatic nitrogens is 2. The second-order valence-electron chi connectivity index (χ2n) is 3.70. The Morgan fingerprint density at radius 3 is 3.05 bits per heavy atom. The van der Waals surface area contributed by atoms with Crippen molar-refractivity contribution in [3.8, 4) is 6.07 Å². The number of fused-ring (bicyclic) bond motifs is 1. The predicted octanol–water partition coefficient (Wildman–Crippen LogP) is 2.11. The molecule has 0 aromatic carbocycles. The van der Waals surface area contributed by atoms with Crippen molar-refractivity contribution >= 4 is 39.1 Å². The number of rotatable bonds is 4. The monoisotopic (exact) mass is 290 g/mol. The molecule has 0 amide bonds. The van der Waals surface area contributed by atoms with Gasteiger partial charge in [0, 0.05) is 11.1 Å². The highest BCUT2D eigenvalue weighted by atomic mass is 32.2. The van der Waals surface area contributed by atoms with Crippen molar-refractivity contribution in [3.63, 3.8) is 0 Å². The first kappa shape index (κ1) is 13.5. The van der Waals surface area contributed by atoms with Crippen LogP contribution in [0.2, 0.25) is 0 Å². The first-order valence-electron chi connectivity index (χ1n) is 5.34. The summed E-state index contributed by atoms with van der Waals surface area (Å²) < 4.78 is 0. The van der Waals surface area contributed by atoms with E-state index in [0.717, 1.165) is 15.2 Å². The van der Waals surface area contributed by atoms with Crippen molar-refractivity contribution < 1.29 is 4.79 Å². The lowest BCUT2D eigenvalue weighted by molar-refractivity contribution is -0.112. The molecule has 0 bridgehead atoms.